The lowest BCUT2D eigenvalue weighted by atomic mass is 10.0. The van der Waals surface area contributed by atoms with Crippen molar-refractivity contribution in [1.29, 1.82) is 0 Å². The summed E-state index contributed by atoms with van der Waals surface area (Å²) in [4.78, 5) is 31.5. The zero-order valence-corrected chi connectivity index (χ0v) is 10.2. The van der Waals surface area contributed by atoms with Crippen molar-refractivity contribution in [2.24, 2.45) is 0 Å². The standard InChI is InChI=1S/C10H17NO8/c1-5(13)11-6(2-12)9(17)10(18)7(14)3-19-4-8(15)16/h2,6-7,9-10,14,17-18H,3-4H2,1H3,(H,11,13)(H,15,16)/t6-,7+,9+,10+/m0/s1. The van der Waals surface area contributed by atoms with Crippen LogP contribution in [0.4, 0.5) is 0 Å². The van der Waals surface area contributed by atoms with Gasteiger partial charge in [0, 0.05) is 6.92 Å². The lowest BCUT2D eigenvalue weighted by Gasteiger charge is -2.26. The van der Waals surface area contributed by atoms with E-state index in [1.807, 2.05) is 0 Å². The van der Waals surface area contributed by atoms with Gasteiger partial charge in [0.2, 0.25) is 5.91 Å². The second-order valence-corrected chi connectivity index (χ2v) is 3.82. The monoisotopic (exact) mass is 279 g/mol. The van der Waals surface area contributed by atoms with Crippen LogP contribution in [-0.4, -0.2) is 76.2 Å². The van der Waals surface area contributed by atoms with Crippen LogP contribution in [0.2, 0.25) is 0 Å². The Morgan fingerprint density at radius 2 is 1.84 bits per heavy atom. The van der Waals surface area contributed by atoms with E-state index in [-0.39, 0.29) is 6.29 Å². The number of hydrogen-bond donors (Lipinski definition) is 5. The number of nitrogens with one attached hydrogen (secondary N) is 1. The number of aldehydes is 1. The van der Waals surface area contributed by atoms with Gasteiger partial charge in [-0.05, 0) is 0 Å². The molecule has 0 aromatic heterocycles. The highest BCUT2D eigenvalue weighted by atomic mass is 16.5. The van der Waals surface area contributed by atoms with E-state index < -0.39 is 49.4 Å². The molecule has 0 heterocycles. The van der Waals surface area contributed by atoms with Crippen LogP contribution < -0.4 is 5.32 Å². The highest BCUT2D eigenvalue weighted by molar-refractivity contribution is 5.77. The number of ether oxygens (including phenoxy) is 1. The number of hydrogen-bond acceptors (Lipinski definition) is 7. The fourth-order valence-corrected chi connectivity index (χ4v) is 1.24. The molecule has 0 saturated heterocycles. The van der Waals surface area contributed by atoms with E-state index in [2.05, 4.69) is 10.1 Å². The smallest absolute Gasteiger partial charge is 0.329 e. The number of amides is 1. The molecule has 0 spiro atoms. The van der Waals surface area contributed by atoms with Crippen molar-refractivity contribution < 1.29 is 39.5 Å². The fourth-order valence-electron chi connectivity index (χ4n) is 1.24. The Labute approximate surface area is 108 Å². The molecule has 9 heteroatoms. The van der Waals surface area contributed by atoms with Crippen LogP contribution in [0, 0.1) is 0 Å². The van der Waals surface area contributed by atoms with Gasteiger partial charge in [-0.1, -0.05) is 0 Å². The Morgan fingerprint density at radius 3 is 2.26 bits per heavy atom. The summed E-state index contributed by atoms with van der Waals surface area (Å²) in [5.41, 5.74) is 0. The number of carbonyl (C=O) groups is 3. The maximum atomic E-state index is 10.7. The quantitative estimate of drug-likeness (QED) is 0.278. The van der Waals surface area contributed by atoms with Crippen LogP contribution in [0.3, 0.4) is 0 Å². The Hall–Kier alpha value is -1.55. The number of carboxylic acids is 1. The number of carboxylic acid groups (broad SMARTS) is 1. The molecule has 0 unspecified atom stereocenters. The van der Waals surface area contributed by atoms with Crippen LogP contribution in [0.15, 0.2) is 0 Å². The van der Waals surface area contributed by atoms with E-state index in [0.29, 0.717) is 0 Å². The largest absolute Gasteiger partial charge is 0.480 e. The molecule has 0 fully saturated rings. The van der Waals surface area contributed by atoms with Crippen molar-refractivity contribution in [3.8, 4) is 0 Å². The molecule has 5 N–H and O–H groups in total. The topological polar surface area (TPSA) is 153 Å². The van der Waals surface area contributed by atoms with E-state index >= 15 is 0 Å². The Balaban J connectivity index is 4.34. The van der Waals surface area contributed by atoms with Gasteiger partial charge in [-0.25, -0.2) is 4.79 Å². The maximum Gasteiger partial charge on any atom is 0.329 e. The number of aliphatic carboxylic acids is 1. The van der Waals surface area contributed by atoms with E-state index in [0.717, 1.165) is 6.92 Å². The molecule has 19 heavy (non-hydrogen) atoms. The van der Waals surface area contributed by atoms with Crippen molar-refractivity contribution in [2.75, 3.05) is 13.2 Å². The molecule has 1 amide bonds. The average molecular weight is 279 g/mol. The van der Waals surface area contributed by atoms with Crippen molar-refractivity contribution in [1.82, 2.24) is 5.32 Å². The predicted molar refractivity (Wildman–Crippen MR) is 60.1 cm³/mol. The van der Waals surface area contributed by atoms with Gasteiger partial charge in [0.1, 0.15) is 37.2 Å². The molecular formula is C10H17NO8. The number of carbonyl (C=O) groups excluding carboxylic acids is 2. The predicted octanol–water partition coefficient (Wildman–Crippen LogP) is -3.13. The summed E-state index contributed by atoms with van der Waals surface area (Å²) in [6.07, 6.45) is -4.92. The Bertz CT molecular complexity index is 321. The number of aliphatic hydroxyl groups excluding tert-OH is 3. The van der Waals surface area contributed by atoms with Gasteiger partial charge in [-0.15, -0.1) is 0 Å². The second kappa shape index (κ2) is 8.53. The van der Waals surface area contributed by atoms with Gasteiger partial charge in [-0.2, -0.15) is 0 Å². The molecule has 0 rings (SSSR count). The van der Waals surface area contributed by atoms with Gasteiger partial charge in [0.05, 0.1) is 6.61 Å². The van der Waals surface area contributed by atoms with Crippen molar-refractivity contribution in [3.05, 3.63) is 0 Å². The molecule has 0 aliphatic heterocycles. The zero-order chi connectivity index (χ0) is 15.0. The molecule has 0 saturated carbocycles. The third kappa shape index (κ3) is 6.82. The molecule has 0 aliphatic carbocycles. The van der Waals surface area contributed by atoms with Crippen molar-refractivity contribution in [2.45, 2.75) is 31.3 Å². The lowest BCUT2D eigenvalue weighted by Crippen LogP contribution is -2.53. The van der Waals surface area contributed by atoms with Crippen LogP contribution >= 0.6 is 0 Å². The van der Waals surface area contributed by atoms with E-state index in [1.165, 1.54) is 0 Å². The third-order valence-corrected chi connectivity index (χ3v) is 2.14. The molecule has 0 aliphatic rings. The average Bonchev–Trinajstić information content (AvgIpc) is 2.33. The molecule has 0 radical (unpaired) electrons. The highest BCUT2D eigenvalue weighted by Crippen LogP contribution is 2.05. The normalized spacial score (nSPS) is 17.1. The maximum absolute atomic E-state index is 10.7. The van der Waals surface area contributed by atoms with Gasteiger partial charge >= 0.3 is 5.97 Å². The molecule has 9 nitrogen and oxygen atoms in total. The summed E-state index contributed by atoms with van der Waals surface area (Å²) in [5, 5.41) is 38.9. The van der Waals surface area contributed by atoms with Crippen molar-refractivity contribution >= 4 is 18.2 Å². The van der Waals surface area contributed by atoms with E-state index in [1.54, 1.807) is 0 Å². The summed E-state index contributed by atoms with van der Waals surface area (Å²) in [7, 11) is 0. The summed E-state index contributed by atoms with van der Waals surface area (Å²) >= 11 is 0. The molecular weight excluding hydrogens is 262 g/mol. The molecule has 110 valence electrons. The molecule has 0 bridgehead atoms. The summed E-state index contributed by atoms with van der Waals surface area (Å²) in [5.74, 6) is -1.86. The van der Waals surface area contributed by atoms with Gasteiger partial charge < -0.3 is 35.3 Å². The van der Waals surface area contributed by atoms with Crippen LogP contribution in [0.25, 0.3) is 0 Å². The first-order valence-electron chi connectivity index (χ1n) is 5.35. The first-order chi connectivity index (χ1) is 8.79. The minimum atomic E-state index is -1.78. The first-order valence-corrected chi connectivity index (χ1v) is 5.35. The van der Waals surface area contributed by atoms with Crippen LogP contribution in [0.1, 0.15) is 6.92 Å². The highest BCUT2D eigenvalue weighted by Gasteiger charge is 2.31. The Kier molecular flexibility index (Phi) is 7.84. The van der Waals surface area contributed by atoms with Gasteiger partial charge in [-0.3, -0.25) is 4.79 Å². The fraction of sp³-hybridized carbons (Fsp3) is 0.700. The van der Waals surface area contributed by atoms with Crippen molar-refractivity contribution in [3.63, 3.8) is 0 Å². The lowest BCUT2D eigenvalue weighted by molar-refractivity contribution is -0.146. The van der Waals surface area contributed by atoms with E-state index in [9.17, 15) is 29.7 Å². The number of rotatable bonds is 9. The molecule has 4 atom stereocenters. The molecule has 0 aromatic rings. The van der Waals surface area contributed by atoms with Gasteiger partial charge in [0.15, 0.2) is 0 Å². The third-order valence-electron chi connectivity index (χ3n) is 2.14. The molecule has 0 aromatic carbocycles. The second-order valence-electron chi connectivity index (χ2n) is 3.82. The first kappa shape index (κ1) is 17.4. The summed E-state index contributed by atoms with van der Waals surface area (Å²) in [6.45, 7) is -0.110. The summed E-state index contributed by atoms with van der Waals surface area (Å²) in [6, 6.07) is -1.39. The Morgan fingerprint density at radius 1 is 1.26 bits per heavy atom. The SMILES string of the molecule is CC(=O)N[C@@H](C=O)[C@@H](O)[C@H](O)[C@H](O)COCC(=O)O. The zero-order valence-electron chi connectivity index (χ0n) is 10.2. The van der Waals surface area contributed by atoms with E-state index in [4.69, 9.17) is 5.11 Å². The minimum Gasteiger partial charge on any atom is -0.480 e. The minimum absolute atomic E-state index is 0.208. The summed E-state index contributed by atoms with van der Waals surface area (Å²) < 4.78 is 4.53. The number of aliphatic hydroxyl groups is 3. The van der Waals surface area contributed by atoms with Crippen LogP contribution in [-0.2, 0) is 19.1 Å². The van der Waals surface area contributed by atoms with Crippen LogP contribution in [0.5, 0.6) is 0 Å². The van der Waals surface area contributed by atoms with Gasteiger partial charge in [0.25, 0.3) is 0 Å².